The molecule has 0 aliphatic heterocycles. The van der Waals surface area contributed by atoms with Gasteiger partial charge in [-0.2, -0.15) is 4.39 Å². The van der Waals surface area contributed by atoms with Crippen molar-refractivity contribution in [2.75, 3.05) is 7.11 Å². The Kier molecular flexibility index (Phi) is 4.11. The average molecular weight is 306 g/mol. The first-order valence-corrected chi connectivity index (χ1v) is 6.39. The molecule has 0 amide bonds. The van der Waals surface area contributed by atoms with Gasteiger partial charge in [-0.25, -0.2) is 13.2 Å². The maximum absolute atomic E-state index is 13.7. The van der Waals surface area contributed by atoms with Gasteiger partial charge in [0.2, 0.25) is 11.7 Å². The van der Waals surface area contributed by atoms with Gasteiger partial charge in [0, 0.05) is 24.3 Å². The van der Waals surface area contributed by atoms with Gasteiger partial charge in [0.25, 0.3) is 0 Å². The molecule has 2 atom stereocenters. The largest absolute Gasteiger partial charge is 0.493 e. The predicted octanol–water partition coefficient (Wildman–Crippen LogP) is 3.58. The van der Waals surface area contributed by atoms with Gasteiger partial charge >= 0.3 is 5.97 Å². The predicted molar refractivity (Wildman–Crippen MR) is 65.6 cm³/mol. The minimum atomic E-state index is -3.06. The molecular formula is C14H14F4O3. The first-order chi connectivity index (χ1) is 9.76. The summed E-state index contributed by atoms with van der Waals surface area (Å²) in [4.78, 5) is 11.2. The number of hydrogen-bond donors (Lipinski definition) is 1. The summed E-state index contributed by atoms with van der Waals surface area (Å²) < 4.78 is 58.5. The second-order valence-electron chi connectivity index (χ2n) is 5.13. The zero-order valence-electron chi connectivity index (χ0n) is 11.2. The summed E-state index contributed by atoms with van der Waals surface area (Å²) >= 11 is 0. The number of halogens is 4. The van der Waals surface area contributed by atoms with Crippen LogP contribution in [0.5, 0.6) is 5.75 Å². The van der Waals surface area contributed by atoms with E-state index >= 15 is 0 Å². The molecule has 1 N–H and O–H groups in total. The van der Waals surface area contributed by atoms with E-state index in [1.165, 1.54) is 6.07 Å². The van der Waals surface area contributed by atoms with Crippen molar-refractivity contribution in [3.63, 3.8) is 0 Å². The lowest BCUT2D eigenvalue weighted by Gasteiger charge is -2.34. The highest BCUT2D eigenvalue weighted by Gasteiger charge is 2.46. The molecule has 1 aliphatic carbocycles. The first kappa shape index (κ1) is 15.6. The first-order valence-electron chi connectivity index (χ1n) is 6.39. The van der Waals surface area contributed by atoms with Crippen molar-refractivity contribution in [1.82, 2.24) is 0 Å². The van der Waals surface area contributed by atoms with Crippen molar-refractivity contribution in [2.24, 2.45) is 5.92 Å². The Morgan fingerprint density at radius 1 is 1.38 bits per heavy atom. The Hall–Kier alpha value is -1.79. The number of aliphatic carboxylic acids is 1. The van der Waals surface area contributed by atoms with Crippen LogP contribution in [0.1, 0.15) is 30.7 Å². The van der Waals surface area contributed by atoms with E-state index in [2.05, 4.69) is 0 Å². The smallest absolute Gasteiger partial charge is 0.307 e. The number of methoxy groups -OCH3 is 1. The van der Waals surface area contributed by atoms with Gasteiger partial charge in [0.15, 0.2) is 11.6 Å². The Labute approximate surface area is 118 Å². The van der Waals surface area contributed by atoms with E-state index in [0.29, 0.717) is 0 Å². The van der Waals surface area contributed by atoms with Gasteiger partial charge in [-0.05, 0) is 12.5 Å². The Morgan fingerprint density at radius 3 is 2.62 bits per heavy atom. The fourth-order valence-electron chi connectivity index (χ4n) is 2.81. The fraction of sp³-hybridized carbons (Fsp3) is 0.500. The summed E-state index contributed by atoms with van der Waals surface area (Å²) in [6, 6.07) is 2.04. The number of alkyl halides is 2. The minimum Gasteiger partial charge on any atom is -0.493 e. The highest BCUT2D eigenvalue weighted by Crippen LogP contribution is 2.47. The molecule has 2 rings (SSSR count). The van der Waals surface area contributed by atoms with Crippen LogP contribution in [0.3, 0.4) is 0 Å². The van der Waals surface area contributed by atoms with Crippen LogP contribution in [0.15, 0.2) is 12.1 Å². The van der Waals surface area contributed by atoms with Crippen molar-refractivity contribution < 1.29 is 32.2 Å². The molecule has 0 saturated heterocycles. The van der Waals surface area contributed by atoms with E-state index in [1.807, 2.05) is 0 Å². The second kappa shape index (κ2) is 5.54. The molecule has 1 aromatic carbocycles. The molecule has 116 valence electrons. The fourth-order valence-corrected chi connectivity index (χ4v) is 2.81. The second-order valence-corrected chi connectivity index (χ2v) is 5.13. The highest BCUT2D eigenvalue weighted by atomic mass is 19.3. The lowest BCUT2D eigenvalue weighted by atomic mass is 9.73. The van der Waals surface area contributed by atoms with Gasteiger partial charge in [0.1, 0.15) is 0 Å². The lowest BCUT2D eigenvalue weighted by Crippen LogP contribution is -2.36. The van der Waals surface area contributed by atoms with Crippen LogP contribution in [0, 0.1) is 17.6 Å². The Morgan fingerprint density at radius 2 is 2.05 bits per heavy atom. The molecule has 0 heterocycles. The van der Waals surface area contributed by atoms with Crippen molar-refractivity contribution in [1.29, 1.82) is 0 Å². The molecule has 0 aromatic heterocycles. The Bertz CT molecular complexity index is 559. The molecule has 3 nitrogen and oxygen atoms in total. The standard InChI is InChI=1S/C14H14F4O3/c1-21-12-8(2-3-10(15)11(12)16)7-4-5-14(17,18)6-9(7)13(19)20/h2-3,7,9H,4-6H2,1H3,(H,19,20)/t7?,9-/m1/s1. The zero-order valence-corrected chi connectivity index (χ0v) is 11.2. The SMILES string of the molecule is COc1c(C2CCC(F)(F)C[C@H]2C(=O)O)ccc(F)c1F. The quantitative estimate of drug-likeness (QED) is 0.868. The average Bonchev–Trinajstić information content (AvgIpc) is 2.41. The van der Waals surface area contributed by atoms with Gasteiger partial charge in [-0.15, -0.1) is 0 Å². The molecule has 0 radical (unpaired) electrons. The number of carboxylic acid groups (broad SMARTS) is 1. The van der Waals surface area contributed by atoms with Crippen molar-refractivity contribution in [2.45, 2.75) is 31.1 Å². The Balaban J connectivity index is 2.45. The molecular weight excluding hydrogens is 292 g/mol. The highest BCUT2D eigenvalue weighted by molar-refractivity contribution is 5.72. The third-order valence-corrected chi connectivity index (χ3v) is 3.83. The third-order valence-electron chi connectivity index (χ3n) is 3.83. The van der Waals surface area contributed by atoms with E-state index in [-0.39, 0.29) is 12.0 Å². The van der Waals surface area contributed by atoms with Crippen LogP contribution < -0.4 is 4.74 Å². The molecule has 21 heavy (non-hydrogen) atoms. The number of carboxylic acids is 1. The number of carbonyl (C=O) groups is 1. The summed E-state index contributed by atoms with van der Waals surface area (Å²) in [5.74, 6) is -9.45. The molecule has 0 bridgehead atoms. The zero-order chi connectivity index (χ0) is 15.8. The summed E-state index contributed by atoms with van der Waals surface area (Å²) in [6.07, 6.45) is -1.45. The van der Waals surface area contributed by atoms with Gasteiger partial charge < -0.3 is 9.84 Å². The van der Waals surface area contributed by atoms with Gasteiger partial charge in [0.05, 0.1) is 13.0 Å². The monoisotopic (exact) mass is 306 g/mol. The topological polar surface area (TPSA) is 46.5 Å². The molecule has 1 saturated carbocycles. The number of hydrogen-bond acceptors (Lipinski definition) is 2. The minimum absolute atomic E-state index is 0.110. The van der Waals surface area contributed by atoms with Crippen LogP contribution >= 0.6 is 0 Å². The maximum Gasteiger partial charge on any atom is 0.307 e. The van der Waals surface area contributed by atoms with Gasteiger partial charge in [-0.1, -0.05) is 6.07 Å². The van der Waals surface area contributed by atoms with Crippen LogP contribution in [0.2, 0.25) is 0 Å². The van der Waals surface area contributed by atoms with Crippen LogP contribution in [0.25, 0.3) is 0 Å². The van der Waals surface area contributed by atoms with Gasteiger partial charge in [-0.3, -0.25) is 4.79 Å². The van der Waals surface area contributed by atoms with Crippen molar-refractivity contribution in [3.8, 4) is 5.75 Å². The number of ether oxygens (including phenoxy) is 1. The maximum atomic E-state index is 13.7. The van der Waals surface area contributed by atoms with Crippen molar-refractivity contribution >= 4 is 5.97 Å². The molecule has 1 unspecified atom stereocenters. The molecule has 1 aromatic rings. The van der Waals surface area contributed by atoms with Crippen molar-refractivity contribution in [3.05, 3.63) is 29.3 Å². The molecule has 7 heteroatoms. The third kappa shape index (κ3) is 2.96. The van der Waals surface area contributed by atoms with E-state index < -0.39 is 54.0 Å². The molecule has 0 spiro atoms. The summed E-state index contributed by atoms with van der Waals surface area (Å²) in [5.41, 5.74) is 0.110. The molecule has 1 fully saturated rings. The number of benzene rings is 1. The normalized spacial score (nSPS) is 24.6. The molecule has 1 aliphatic rings. The van der Waals surface area contributed by atoms with Crippen LogP contribution in [0.4, 0.5) is 17.6 Å². The summed E-state index contributed by atoms with van der Waals surface area (Å²) in [5, 5.41) is 9.15. The van der Waals surface area contributed by atoms with E-state index in [0.717, 1.165) is 13.2 Å². The van der Waals surface area contributed by atoms with Crippen LogP contribution in [-0.4, -0.2) is 24.1 Å². The summed E-state index contributed by atoms with van der Waals surface area (Å²) in [6.45, 7) is 0. The lowest BCUT2D eigenvalue weighted by molar-refractivity contribution is -0.150. The van der Waals surface area contributed by atoms with E-state index in [4.69, 9.17) is 9.84 Å². The summed E-state index contributed by atoms with van der Waals surface area (Å²) in [7, 11) is 1.12. The number of rotatable bonds is 3. The van der Waals surface area contributed by atoms with E-state index in [9.17, 15) is 22.4 Å². The van der Waals surface area contributed by atoms with Crippen LogP contribution in [-0.2, 0) is 4.79 Å². The van der Waals surface area contributed by atoms with E-state index in [1.54, 1.807) is 0 Å².